The van der Waals surface area contributed by atoms with Gasteiger partial charge in [0, 0.05) is 41.6 Å². The van der Waals surface area contributed by atoms with Crippen molar-refractivity contribution in [2.45, 2.75) is 12.8 Å². The van der Waals surface area contributed by atoms with E-state index in [1.807, 2.05) is 12.4 Å². The third-order valence-electron chi connectivity index (χ3n) is 5.52. The van der Waals surface area contributed by atoms with E-state index in [-0.39, 0.29) is 0 Å². The normalized spacial score (nSPS) is 14.7. The minimum absolute atomic E-state index is 0.938. The van der Waals surface area contributed by atoms with Gasteiger partial charge in [-0.2, -0.15) is 0 Å². The third-order valence-corrected chi connectivity index (χ3v) is 5.52. The maximum atomic E-state index is 4.69. The number of H-pyrrole nitrogens is 2. The van der Waals surface area contributed by atoms with Gasteiger partial charge in [0.2, 0.25) is 0 Å². The van der Waals surface area contributed by atoms with Crippen LogP contribution in [0.5, 0.6) is 0 Å². The number of hydrogen-bond donors (Lipinski definition) is 2. The number of nitrogens with zero attached hydrogens (tertiary/aromatic N) is 2. The smallest absolute Gasteiger partial charge is 0.137 e. The summed E-state index contributed by atoms with van der Waals surface area (Å²) in [6.45, 7) is 1.03. The number of aromatic nitrogens is 3. The maximum absolute atomic E-state index is 4.69. The van der Waals surface area contributed by atoms with Gasteiger partial charge in [-0.15, -0.1) is 0 Å². The average Bonchev–Trinajstić information content (AvgIpc) is 3.33. The summed E-state index contributed by atoms with van der Waals surface area (Å²) >= 11 is 0. The number of likely N-dealkylation sites (N-methyl/N-ethyl adjacent to an activating group) is 1. The van der Waals surface area contributed by atoms with E-state index in [1.54, 1.807) is 0 Å². The number of allylic oxidation sites excluding steroid dienone is 3. The van der Waals surface area contributed by atoms with Crippen LogP contribution in [0, 0.1) is 0 Å². The molecule has 4 heteroatoms. The van der Waals surface area contributed by atoms with Crippen molar-refractivity contribution in [3.63, 3.8) is 0 Å². The van der Waals surface area contributed by atoms with Gasteiger partial charge in [0.15, 0.2) is 0 Å². The highest BCUT2D eigenvalue weighted by molar-refractivity contribution is 5.97. The number of nitrogens with one attached hydrogen (secondary N) is 2. The predicted molar refractivity (Wildman–Crippen MR) is 117 cm³/mol. The molecule has 0 saturated carbocycles. The van der Waals surface area contributed by atoms with Crippen LogP contribution in [0.1, 0.15) is 18.4 Å². The molecule has 3 aromatic heterocycles. The highest BCUT2D eigenvalue weighted by Crippen LogP contribution is 2.33. The lowest BCUT2D eigenvalue weighted by Crippen LogP contribution is -2.15. The lowest BCUT2D eigenvalue weighted by molar-refractivity contribution is 0.439. The second-order valence-electron chi connectivity index (χ2n) is 7.86. The van der Waals surface area contributed by atoms with Crippen LogP contribution in [0.25, 0.3) is 38.6 Å². The molecule has 28 heavy (non-hydrogen) atoms. The molecule has 0 spiro atoms. The van der Waals surface area contributed by atoms with Crippen molar-refractivity contribution in [2.75, 3.05) is 20.6 Å². The van der Waals surface area contributed by atoms with Gasteiger partial charge in [-0.3, -0.25) is 0 Å². The Kier molecular flexibility index (Phi) is 4.14. The number of benzene rings is 1. The molecule has 0 bridgehead atoms. The van der Waals surface area contributed by atoms with Gasteiger partial charge in [-0.05, 0) is 73.3 Å². The first-order valence-corrected chi connectivity index (χ1v) is 9.76. The van der Waals surface area contributed by atoms with E-state index < -0.39 is 0 Å². The molecule has 1 aliphatic rings. The molecule has 0 radical (unpaired) electrons. The number of fused-ring (bicyclic) bond motifs is 2. The van der Waals surface area contributed by atoms with Gasteiger partial charge >= 0.3 is 0 Å². The van der Waals surface area contributed by atoms with Crippen molar-refractivity contribution in [3.8, 4) is 11.1 Å². The molecule has 0 aliphatic heterocycles. The van der Waals surface area contributed by atoms with Crippen molar-refractivity contribution in [1.82, 2.24) is 19.9 Å². The fourth-order valence-electron chi connectivity index (χ4n) is 4.10. The van der Waals surface area contributed by atoms with E-state index in [2.05, 4.69) is 77.6 Å². The Morgan fingerprint density at radius 1 is 1.00 bits per heavy atom. The number of hydrogen-bond acceptors (Lipinski definition) is 2. The minimum Gasteiger partial charge on any atom is -0.361 e. The van der Waals surface area contributed by atoms with Crippen LogP contribution in [0.2, 0.25) is 0 Å². The summed E-state index contributed by atoms with van der Waals surface area (Å²) in [7, 11) is 4.24. The zero-order chi connectivity index (χ0) is 19.1. The van der Waals surface area contributed by atoms with Gasteiger partial charge in [0.05, 0.1) is 0 Å². The molecule has 1 aliphatic carbocycles. The van der Waals surface area contributed by atoms with Gasteiger partial charge in [-0.1, -0.05) is 23.8 Å². The topological polar surface area (TPSA) is 47.7 Å². The van der Waals surface area contributed by atoms with Crippen molar-refractivity contribution >= 4 is 27.5 Å². The van der Waals surface area contributed by atoms with Crippen molar-refractivity contribution < 1.29 is 0 Å². The second-order valence-corrected chi connectivity index (χ2v) is 7.86. The van der Waals surface area contributed by atoms with Crippen molar-refractivity contribution in [3.05, 3.63) is 72.2 Å². The standard InChI is InChI=1S/C24H24N4/c1-28(2)15-16-3-5-17(6-4-16)20-12-21-22(14-27-24(21)26-13-20)18-7-8-23-19(11-18)9-10-25-23/h3,5,7-14,25H,4,6,15H2,1-2H3,(H,26,27). The van der Waals surface area contributed by atoms with E-state index in [9.17, 15) is 0 Å². The highest BCUT2D eigenvalue weighted by atomic mass is 15.0. The molecule has 2 N–H and O–H groups in total. The van der Waals surface area contributed by atoms with Crippen LogP contribution >= 0.6 is 0 Å². The molecular weight excluding hydrogens is 344 g/mol. The summed E-state index contributed by atoms with van der Waals surface area (Å²) in [5.41, 5.74) is 8.59. The van der Waals surface area contributed by atoms with Crippen LogP contribution < -0.4 is 0 Å². The molecule has 3 heterocycles. The Balaban J connectivity index is 1.53. The van der Waals surface area contributed by atoms with Gasteiger partial charge in [0.1, 0.15) is 5.65 Å². The Labute approximate surface area is 164 Å². The van der Waals surface area contributed by atoms with Crippen LogP contribution in [-0.4, -0.2) is 40.5 Å². The molecule has 0 fully saturated rings. The van der Waals surface area contributed by atoms with E-state index in [0.29, 0.717) is 0 Å². The Hall–Kier alpha value is -3.11. The first-order valence-electron chi connectivity index (χ1n) is 9.76. The first-order chi connectivity index (χ1) is 13.7. The predicted octanol–water partition coefficient (Wildman–Crippen LogP) is 5.38. The first kappa shape index (κ1) is 17.0. The van der Waals surface area contributed by atoms with E-state index in [1.165, 1.54) is 38.6 Å². The Bertz CT molecular complexity index is 1220. The summed E-state index contributed by atoms with van der Waals surface area (Å²) in [5.74, 6) is 0. The lowest BCUT2D eigenvalue weighted by Gasteiger charge is -2.18. The van der Waals surface area contributed by atoms with Crippen LogP contribution in [0.3, 0.4) is 0 Å². The Morgan fingerprint density at radius 3 is 2.75 bits per heavy atom. The van der Waals surface area contributed by atoms with Gasteiger partial charge in [-0.25, -0.2) is 4.98 Å². The summed E-state index contributed by atoms with van der Waals surface area (Å²) < 4.78 is 0. The van der Waals surface area contributed by atoms with Gasteiger partial charge in [0.25, 0.3) is 0 Å². The molecule has 0 atom stereocenters. The van der Waals surface area contributed by atoms with E-state index in [0.717, 1.165) is 30.6 Å². The van der Waals surface area contributed by atoms with E-state index in [4.69, 9.17) is 4.98 Å². The molecule has 0 amide bonds. The number of rotatable bonds is 4. The number of pyridine rings is 1. The number of aromatic amines is 2. The lowest BCUT2D eigenvalue weighted by atomic mass is 9.93. The van der Waals surface area contributed by atoms with Crippen LogP contribution in [-0.2, 0) is 0 Å². The summed E-state index contributed by atoms with van der Waals surface area (Å²) in [5, 5.41) is 2.40. The van der Waals surface area contributed by atoms with Gasteiger partial charge < -0.3 is 14.9 Å². The summed E-state index contributed by atoms with van der Waals surface area (Å²) in [4.78, 5) is 13.5. The van der Waals surface area contributed by atoms with Crippen molar-refractivity contribution in [2.24, 2.45) is 0 Å². The molecular formula is C24H24N4. The quantitative estimate of drug-likeness (QED) is 0.508. The fourth-order valence-corrected chi connectivity index (χ4v) is 4.10. The van der Waals surface area contributed by atoms with E-state index >= 15 is 0 Å². The molecule has 4 nitrogen and oxygen atoms in total. The summed E-state index contributed by atoms with van der Waals surface area (Å²) in [6.07, 6.45) is 12.8. The summed E-state index contributed by atoms with van der Waals surface area (Å²) in [6, 6.07) is 10.9. The molecule has 0 unspecified atom stereocenters. The SMILES string of the molecule is CN(C)CC1=CC=C(c2cnc3[nH]cc(-c4ccc5[nH]ccc5c4)c3c2)CC1. The maximum Gasteiger partial charge on any atom is 0.137 e. The second kappa shape index (κ2) is 6.80. The molecule has 5 rings (SSSR count). The largest absolute Gasteiger partial charge is 0.361 e. The Morgan fingerprint density at radius 2 is 1.93 bits per heavy atom. The third kappa shape index (κ3) is 3.06. The fraction of sp³-hybridized carbons (Fsp3) is 0.208. The van der Waals surface area contributed by atoms with Crippen molar-refractivity contribution in [1.29, 1.82) is 0 Å². The molecule has 140 valence electrons. The highest BCUT2D eigenvalue weighted by Gasteiger charge is 2.13. The monoisotopic (exact) mass is 368 g/mol. The zero-order valence-electron chi connectivity index (χ0n) is 16.3. The molecule has 1 aromatic carbocycles. The average molecular weight is 368 g/mol. The molecule has 0 saturated heterocycles. The minimum atomic E-state index is 0.938. The molecule has 4 aromatic rings. The van der Waals surface area contributed by atoms with Crippen LogP contribution in [0.15, 0.2) is 66.6 Å². The van der Waals surface area contributed by atoms with Crippen LogP contribution in [0.4, 0.5) is 0 Å². The zero-order valence-corrected chi connectivity index (χ0v) is 16.3.